The van der Waals surface area contributed by atoms with Gasteiger partial charge >= 0.3 is 0 Å². The van der Waals surface area contributed by atoms with E-state index in [0.717, 1.165) is 11.1 Å². The molecular weight excluding hydrogens is 404 g/mol. The Labute approximate surface area is 175 Å². The van der Waals surface area contributed by atoms with Gasteiger partial charge in [0.2, 0.25) is 10.0 Å². The van der Waals surface area contributed by atoms with Gasteiger partial charge in [-0.2, -0.15) is 4.31 Å². The molecule has 1 aliphatic heterocycles. The normalized spacial score (nSPS) is 15.3. The number of aromatic nitrogens is 4. The smallest absolute Gasteiger partial charge is 0.254 e. The number of piperazine rings is 1. The maximum atomic E-state index is 13.0. The number of tetrazole rings is 1. The van der Waals surface area contributed by atoms with Gasteiger partial charge in [0.05, 0.1) is 10.6 Å². The zero-order valence-electron chi connectivity index (χ0n) is 16.8. The van der Waals surface area contributed by atoms with Crippen LogP contribution in [0.2, 0.25) is 0 Å². The largest absolute Gasteiger partial charge is 0.336 e. The minimum atomic E-state index is -3.58. The van der Waals surface area contributed by atoms with Crippen molar-refractivity contribution in [3.05, 3.63) is 65.5 Å². The molecule has 0 bridgehead atoms. The van der Waals surface area contributed by atoms with Crippen molar-refractivity contribution in [1.82, 2.24) is 29.4 Å². The summed E-state index contributed by atoms with van der Waals surface area (Å²) in [4.78, 5) is 14.9. The molecule has 1 aromatic heterocycles. The quantitative estimate of drug-likeness (QED) is 0.625. The Morgan fingerprint density at radius 3 is 2.40 bits per heavy atom. The summed E-state index contributed by atoms with van der Waals surface area (Å²) in [7, 11) is -3.58. The van der Waals surface area contributed by atoms with Crippen LogP contribution in [0.5, 0.6) is 0 Å². The first-order valence-electron chi connectivity index (χ1n) is 9.56. The Morgan fingerprint density at radius 2 is 1.73 bits per heavy atom. The maximum absolute atomic E-state index is 13.0. The Bertz CT molecular complexity index is 1170. The molecule has 1 amide bonds. The van der Waals surface area contributed by atoms with Gasteiger partial charge in [0.25, 0.3) is 5.91 Å². The average Bonchev–Trinajstić information content (AvgIpc) is 3.30. The Morgan fingerprint density at radius 1 is 0.967 bits per heavy atom. The average molecular weight is 427 g/mol. The van der Waals surface area contributed by atoms with Crippen molar-refractivity contribution < 1.29 is 13.2 Å². The molecule has 1 fully saturated rings. The number of hydrogen-bond donors (Lipinski definition) is 0. The molecule has 1 aliphatic rings. The summed E-state index contributed by atoms with van der Waals surface area (Å²) in [6.07, 6.45) is 1.46. The third-order valence-electron chi connectivity index (χ3n) is 5.35. The molecule has 1 saturated heterocycles. The van der Waals surface area contributed by atoms with E-state index in [1.807, 2.05) is 19.9 Å². The lowest BCUT2D eigenvalue weighted by atomic mass is 10.1. The molecule has 0 aliphatic carbocycles. The highest BCUT2D eigenvalue weighted by atomic mass is 32.2. The monoisotopic (exact) mass is 426 g/mol. The Balaban J connectivity index is 1.46. The van der Waals surface area contributed by atoms with Crippen LogP contribution in [0.1, 0.15) is 21.5 Å². The molecule has 4 rings (SSSR count). The van der Waals surface area contributed by atoms with Crippen LogP contribution in [-0.2, 0) is 10.0 Å². The molecule has 10 heteroatoms. The number of nitrogens with zero attached hydrogens (tertiary/aromatic N) is 6. The second-order valence-corrected chi connectivity index (χ2v) is 9.19. The van der Waals surface area contributed by atoms with Crippen LogP contribution in [0.15, 0.2) is 53.7 Å². The lowest BCUT2D eigenvalue weighted by Crippen LogP contribution is -2.50. The zero-order chi connectivity index (χ0) is 21.3. The maximum Gasteiger partial charge on any atom is 0.254 e. The topological polar surface area (TPSA) is 101 Å². The number of aryl methyl sites for hydroxylation is 2. The van der Waals surface area contributed by atoms with E-state index in [-0.39, 0.29) is 19.0 Å². The number of carbonyl (C=O) groups excluding carboxylic acids is 1. The molecule has 2 aromatic carbocycles. The summed E-state index contributed by atoms with van der Waals surface area (Å²) < 4.78 is 28.9. The minimum absolute atomic E-state index is 0.145. The van der Waals surface area contributed by atoms with Gasteiger partial charge in [-0.15, -0.1) is 5.10 Å². The lowest BCUT2D eigenvalue weighted by molar-refractivity contribution is 0.0698. The predicted octanol–water partition coefficient (Wildman–Crippen LogP) is 1.43. The number of amides is 1. The van der Waals surface area contributed by atoms with Crippen LogP contribution < -0.4 is 0 Å². The fourth-order valence-electron chi connectivity index (χ4n) is 3.40. The number of benzene rings is 2. The molecule has 0 spiro atoms. The molecular formula is C20H22N6O3S. The highest BCUT2D eigenvalue weighted by Crippen LogP contribution is 2.21. The second-order valence-electron chi connectivity index (χ2n) is 7.25. The summed E-state index contributed by atoms with van der Waals surface area (Å²) in [5.41, 5.74) is 3.18. The molecule has 0 saturated carbocycles. The van der Waals surface area contributed by atoms with Crippen LogP contribution in [0.25, 0.3) is 5.69 Å². The van der Waals surface area contributed by atoms with Crippen molar-refractivity contribution in [2.75, 3.05) is 26.2 Å². The van der Waals surface area contributed by atoms with E-state index in [4.69, 9.17) is 0 Å². The van der Waals surface area contributed by atoms with Gasteiger partial charge in [-0.05, 0) is 65.7 Å². The van der Waals surface area contributed by atoms with Crippen LogP contribution in [0, 0.1) is 13.8 Å². The predicted molar refractivity (Wildman–Crippen MR) is 110 cm³/mol. The molecule has 0 N–H and O–H groups in total. The van der Waals surface area contributed by atoms with Crippen LogP contribution in [0.4, 0.5) is 0 Å². The molecule has 30 heavy (non-hydrogen) atoms. The number of hydrogen-bond acceptors (Lipinski definition) is 6. The zero-order valence-corrected chi connectivity index (χ0v) is 17.6. The highest BCUT2D eigenvalue weighted by molar-refractivity contribution is 7.89. The van der Waals surface area contributed by atoms with Crippen LogP contribution in [-0.4, -0.2) is 69.9 Å². The van der Waals surface area contributed by atoms with Gasteiger partial charge in [-0.1, -0.05) is 12.1 Å². The first-order valence-corrected chi connectivity index (χ1v) is 11.0. The summed E-state index contributed by atoms with van der Waals surface area (Å²) >= 11 is 0. The van der Waals surface area contributed by atoms with E-state index in [1.165, 1.54) is 15.3 Å². The number of carbonyl (C=O) groups is 1. The Kier molecular flexibility index (Phi) is 5.35. The summed E-state index contributed by atoms with van der Waals surface area (Å²) in [5.74, 6) is -0.145. The van der Waals surface area contributed by atoms with Crippen molar-refractivity contribution in [3.8, 4) is 5.69 Å². The van der Waals surface area contributed by atoms with Gasteiger partial charge in [0, 0.05) is 31.7 Å². The van der Waals surface area contributed by atoms with E-state index in [2.05, 4.69) is 15.5 Å². The van der Waals surface area contributed by atoms with Gasteiger partial charge in [-0.3, -0.25) is 4.79 Å². The highest BCUT2D eigenvalue weighted by Gasteiger charge is 2.30. The van der Waals surface area contributed by atoms with Crippen molar-refractivity contribution in [1.29, 1.82) is 0 Å². The van der Waals surface area contributed by atoms with Crippen molar-refractivity contribution in [3.63, 3.8) is 0 Å². The van der Waals surface area contributed by atoms with Crippen molar-refractivity contribution in [2.24, 2.45) is 0 Å². The van der Waals surface area contributed by atoms with Crippen molar-refractivity contribution >= 4 is 15.9 Å². The van der Waals surface area contributed by atoms with Gasteiger partial charge < -0.3 is 4.90 Å². The lowest BCUT2D eigenvalue weighted by Gasteiger charge is -2.34. The molecule has 3 aromatic rings. The van der Waals surface area contributed by atoms with Crippen molar-refractivity contribution in [2.45, 2.75) is 18.7 Å². The van der Waals surface area contributed by atoms with Gasteiger partial charge in [0.1, 0.15) is 6.33 Å². The summed E-state index contributed by atoms with van der Waals surface area (Å²) in [5, 5.41) is 11.0. The molecule has 156 valence electrons. The first kappa shape index (κ1) is 20.2. The fraction of sp³-hybridized carbons (Fsp3) is 0.300. The standard InChI is InChI=1S/C20H22N6O3S/c1-15-6-7-19(12-16(15)2)30(28,29)25-10-8-24(9-11-25)20(27)17-4-3-5-18(13-17)26-14-21-22-23-26/h3-7,12-14H,8-11H2,1-2H3. The summed E-state index contributed by atoms with van der Waals surface area (Å²) in [6.45, 7) is 5.02. The SMILES string of the molecule is Cc1ccc(S(=O)(=O)N2CCN(C(=O)c3cccc(-n4cnnn4)c3)CC2)cc1C. The molecule has 0 radical (unpaired) electrons. The molecule has 9 nitrogen and oxygen atoms in total. The second kappa shape index (κ2) is 7.96. The van der Waals surface area contributed by atoms with Crippen LogP contribution >= 0.6 is 0 Å². The van der Waals surface area contributed by atoms with E-state index in [9.17, 15) is 13.2 Å². The number of sulfonamides is 1. The minimum Gasteiger partial charge on any atom is -0.336 e. The van der Waals surface area contributed by atoms with Crippen LogP contribution in [0.3, 0.4) is 0 Å². The van der Waals surface area contributed by atoms with Gasteiger partial charge in [-0.25, -0.2) is 13.1 Å². The van der Waals surface area contributed by atoms with E-state index in [0.29, 0.717) is 29.2 Å². The van der Waals surface area contributed by atoms with Gasteiger partial charge in [0.15, 0.2) is 0 Å². The summed E-state index contributed by atoms with van der Waals surface area (Å²) in [6, 6.07) is 12.2. The third kappa shape index (κ3) is 3.83. The third-order valence-corrected chi connectivity index (χ3v) is 7.24. The molecule has 0 atom stereocenters. The van der Waals surface area contributed by atoms with E-state index < -0.39 is 10.0 Å². The molecule has 2 heterocycles. The molecule has 0 unspecified atom stereocenters. The van der Waals surface area contributed by atoms with E-state index >= 15 is 0 Å². The fourth-order valence-corrected chi connectivity index (χ4v) is 4.91. The van der Waals surface area contributed by atoms with E-state index in [1.54, 1.807) is 41.3 Å². The number of rotatable bonds is 4. The first-order chi connectivity index (χ1) is 14.4. The Hall–Kier alpha value is -3.11.